The van der Waals surface area contributed by atoms with Crippen LogP contribution in [0.1, 0.15) is 50.5 Å². The Morgan fingerprint density at radius 3 is 2.44 bits per heavy atom. The van der Waals surface area contributed by atoms with Crippen LogP contribution < -0.4 is 19.8 Å². The molecule has 1 aliphatic rings. The molecule has 0 aliphatic carbocycles. The third-order valence-electron chi connectivity index (χ3n) is 5.96. The third kappa shape index (κ3) is 4.67. The smallest absolute Gasteiger partial charge is 0.192 e. The summed E-state index contributed by atoms with van der Waals surface area (Å²) in [5, 5.41) is 0. The summed E-state index contributed by atoms with van der Waals surface area (Å²) >= 11 is 0. The number of hydrogen-bond donors (Lipinski definition) is 0. The van der Waals surface area contributed by atoms with Gasteiger partial charge < -0.3 is 23.7 Å². The molecule has 1 aromatic heterocycles. The molecule has 1 aromatic carbocycles. The number of pyridine rings is 1. The highest BCUT2D eigenvalue weighted by Crippen LogP contribution is 2.45. The summed E-state index contributed by atoms with van der Waals surface area (Å²) in [7, 11) is 5.31. The van der Waals surface area contributed by atoms with Gasteiger partial charge in [0.2, 0.25) is 0 Å². The minimum absolute atomic E-state index is 0.0330. The van der Waals surface area contributed by atoms with E-state index in [-0.39, 0.29) is 28.2 Å². The molecule has 0 radical (unpaired) electrons. The molecule has 1 aliphatic heterocycles. The lowest BCUT2D eigenvalue weighted by atomic mass is 9.86. The van der Waals surface area contributed by atoms with Crippen LogP contribution in [-0.4, -0.2) is 51.4 Å². The molecule has 1 atom stereocenters. The van der Waals surface area contributed by atoms with Gasteiger partial charge in [0.25, 0.3) is 0 Å². The molecule has 0 bridgehead atoms. The number of nitrogens with zero attached hydrogens (tertiary/aromatic N) is 2. The van der Waals surface area contributed by atoms with Gasteiger partial charge in [-0.15, -0.1) is 0 Å². The van der Waals surface area contributed by atoms with Crippen LogP contribution in [0.15, 0.2) is 29.2 Å². The number of rotatable bonds is 7. The van der Waals surface area contributed by atoms with Crippen LogP contribution in [-0.2, 0) is 4.74 Å². The van der Waals surface area contributed by atoms with Gasteiger partial charge in [0.1, 0.15) is 0 Å². The maximum absolute atomic E-state index is 12.8. The zero-order valence-electron chi connectivity index (χ0n) is 20.2. The fourth-order valence-electron chi connectivity index (χ4n) is 4.15. The van der Waals surface area contributed by atoms with Gasteiger partial charge in [-0.1, -0.05) is 20.8 Å². The van der Waals surface area contributed by atoms with Gasteiger partial charge in [0, 0.05) is 63.3 Å². The van der Waals surface area contributed by atoms with Crippen molar-refractivity contribution in [1.82, 2.24) is 4.57 Å². The van der Waals surface area contributed by atoms with Crippen molar-refractivity contribution in [3.05, 3.63) is 40.2 Å². The summed E-state index contributed by atoms with van der Waals surface area (Å²) in [6, 6.07) is 5.50. The maximum atomic E-state index is 12.8. The van der Waals surface area contributed by atoms with Gasteiger partial charge in [-0.3, -0.25) is 9.59 Å². The highest BCUT2D eigenvalue weighted by Gasteiger charge is 2.34. The first-order valence-electron chi connectivity index (χ1n) is 10.9. The molecule has 0 fully saturated rings. The molecule has 3 rings (SSSR count). The maximum Gasteiger partial charge on any atom is 0.192 e. The van der Waals surface area contributed by atoms with Crippen LogP contribution in [0, 0.1) is 5.41 Å². The summed E-state index contributed by atoms with van der Waals surface area (Å²) < 4.78 is 18.8. The lowest BCUT2D eigenvalue weighted by Crippen LogP contribution is -2.35. The van der Waals surface area contributed by atoms with E-state index < -0.39 is 0 Å². The summed E-state index contributed by atoms with van der Waals surface area (Å²) in [6.45, 7) is 9.78. The van der Waals surface area contributed by atoms with Crippen LogP contribution in [0.5, 0.6) is 11.5 Å². The van der Waals surface area contributed by atoms with E-state index in [9.17, 15) is 9.59 Å². The van der Waals surface area contributed by atoms with Crippen LogP contribution >= 0.6 is 0 Å². The van der Waals surface area contributed by atoms with Crippen LogP contribution in [0.4, 0.5) is 5.69 Å². The molecular weight excluding hydrogens is 408 g/mol. The van der Waals surface area contributed by atoms with Crippen molar-refractivity contribution < 1.29 is 19.0 Å². The average Bonchev–Trinajstić information content (AvgIpc) is 2.84. The number of ketones is 1. The summed E-state index contributed by atoms with van der Waals surface area (Å²) in [6.07, 6.45) is 2.49. The van der Waals surface area contributed by atoms with Gasteiger partial charge in [0.15, 0.2) is 22.7 Å². The number of anilines is 1. The predicted octanol–water partition coefficient (Wildman–Crippen LogP) is 4.18. The van der Waals surface area contributed by atoms with E-state index in [1.807, 2.05) is 19.2 Å². The number of fused-ring (bicyclic) bond motifs is 3. The second-order valence-electron chi connectivity index (χ2n) is 9.38. The Kier molecular flexibility index (Phi) is 6.98. The number of ether oxygens (including phenoxy) is 3. The second-order valence-corrected chi connectivity index (χ2v) is 9.38. The van der Waals surface area contributed by atoms with E-state index >= 15 is 0 Å². The quantitative estimate of drug-likeness (QED) is 0.473. The van der Waals surface area contributed by atoms with Crippen molar-refractivity contribution in [2.45, 2.75) is 40.2 Å². The number of likely N-dealkylation sites (N-methyl/N-ethyl adjacent to an activating group) is 1. The summed E-state index contributed by atoms with van der Waals surface area (Å²) in [5.74, 6) is 1.02. The Bertz CT molecular complexity index is 1050. The molecule has 174 valence electrons. The molecule has 0 amide bonds. The second kappa shape index (κ2) is 9.36. The molecule has 0 N–H and O–H groups in total. The lowest BCUT2D eigenvalue weighted by Gasteiger charge is -2.35. The number of carbonyl (C=O) groups is 1. The van der Waals surface area contributed by atoms with Crippen molar-refractivity contribution in [1.29, 1.82) is 0 Å². The van der Waals surface area contributed by atoms with E-state index in [1.165, 1.54) is 6.92 Å². The molecule has 7 nitrogen and oxygen atoms in total. The van der Waals surface area contributed by atoms with E-state index in [0.717, 1.165) is 23.4 Å². The standard InChI is InChI=1S/C25H34N2O5/c1-16(28)18-14-27-20(12-21(18)29)17-11-22(31-7)23(32-10-8-9-30-6)13-19(17)26(5)15-24(27)25(2,3)4/h11-14,24H,8-10,15H2,1-7H3. The number of carbonyl (C=O) groups excluding carboxylic acids is 1. The van der Waals surface area contributed by atoms with Crippen LogP contribution in [0.2, 0.25) is 0 Å². The van der Waals surface area contributed by atoms with Crippen molar-refractivity contribution in [3.8, 4) is 22.8 Å². The Morgan fingerprint density at radius 2 is 1.84 bits per heavy atom. The molecule has 2 heterocycles. The molecule has 2 aromatic rings. The summed E-state index contributed by atoms with van der Waals surface area (Å²) in [5.41, 5.74) is 2.40. The van der Waals surface area contributed by atoms with E-state index in [2.05, 4.69) is 30.2 Å². The van der Waals surface area contributed by atoms with Crippen LogP contribution in [0.25, 0.3) is 11.3 Å². The lowest BCUT2D eigenvalue weighted by molar-refractivity contribution is 0.101. The van der Waals surface area contributed by atoms with Gasteiger partial charge >= 0.3 is 0 Å². The first kappa shape index (κ1) is 23.9. The van der Waals surface area contributed by atoms with Crippen molar-refractivity contribution >= 4 is 11.5 Å². The monoisotopic (exact) mass is 442 g/mol. The highest BCUT2D eigenvalue weighted by molar-refractivity contribution is 5.94. The molecule has 0 saturated carbocycles. The van der Waals surface area contributed by atoms with E-state index in [4.69, 9.17) is 14.2 Å². The van der Waals surface area contributed by atoms with Crippen LogP contribution in [0.3, 0.4) is 0 Å². The largest absolute Gasteiger partial charge is 0.493 e. The molecule has 1 unspecified atom stereocenters. The number of Topliss-reactive ketones (excluding diaryl/α,β-unsaturated/α-hetero) is 1. The normalized spacial score (nSPS) is 15.6. The number of benzene rings is 1. The zero-order valence-corrected chi connectivity index (χ0v) is 20.2. The zero-order chi connectivity index (χ0) is 23.6. The molecule has 0 saturated heterocycles. The molecule has 0 spiro atoms. The SMILES string of the molecule is COCCCOc1cc2c(cc1OC)-c1cc(=O)c(C(C)=O)cn1C(C(C)(C)C)CN2C. The van der Waals surface area contributed by atoms with E-state index in [0.29, 0.717) is 31.3 Å². The molecular formula is C25H34N2O5. The Morgan fingerprint density at radius 1 is 1.12 bits per heavy atom. The van der Waals surface area contributed by atoms with Crippen molar-refractivity contribution in [2.75, 3.05) is 45.9 Å². The van der Waals surface area contributed by atoms with Crippen molar-refractivity contribution in [2.24, 2.45) is 5.41 Å². The van der Waals surface area contributed by atoms with Crippen molar-refractivity contribution in [3.63, 3.8) is 0 Å². The Hall–Kier alpha value is -2.80. The molecule has 32 heavy (non-hydrogen) atoms. The van der Waals surface area contributed by atoms with Gasteiger partial charge in [0.05, 0.1) is 31.0 Å². The van der Waals surface area contributed by atoms with Gasteiger partial charge in [-0.25, -0.2) is 0 Å². The Balaban J connectivity index is 2.22. The van der Waals surface area contributed by atoms with Gasteiger partial charge in [-0.2, -0.15) is 0 Å². The highest BCUT2D eigenvalue weighted by atomic mass is 16.5. The topological polar surface area (TPSA) is 70.0 Å². The third-order valence-corrected chi connectivity index (χ3v) is 5.96. The minimum atomic E-state index is -0.272. The predicted molar refractivity (Wildman–Crippen MR) is 126 cm³/mol. The fraction of sp³-hybridized carbons (Fsp3) is 0.520. The fourth-order valence-corrected chi connectivity index (χ4v) is 4.15. The minimum Gasteiger partial charge on any atom is -0.493 e. The average molecular weight is 443 g/mol. The Labute approximate surface area is 189 Å². The van der Waals surface area contributed by atoms with Gasteiger partial charge in [-0.05, 0) is 18.4 Å². The number of methoxy groups -OCH3 is 2. The number of hydrogen-bond acceptors (Lipinski definition) is 6. The first-order valence-corrected chi connectivity index (χ1v) is 10.9. The first-order chi connectivity index (χ1) is 15.1. The van der Waals surface area contributed by atoms with E-state index in [1.54, 1.807) is 26.5 Å². The number of aromatic nitrogens is 1. The molecule has 7 heteroatoms. The summed E-state index contributed by atoms with van der Waals surface area (Å²) in [4.78, 5) is 27.1.